The van der Waals surface area contributed by atoms with Gasteiger partial charge in [-0.05, 0) is 18.6 Å². The number of β-amino-alcohol motifs (C(OH)–C–C–N with tert-alkyl or cyclic N) is 1. The van der Waals surface area contributed by atoms with Crippen molar-refractivity contribution in [3.8, 4) is 11.3 Å². The van der Waals surface area contributed by atoms with E-state index in [1.54, 1.807) is 24.3 Å². The van der Waals surface area contributed by atoms with E-state index in [0.717, 1.165) is 6.26 Å². The number of aromatic nitrogens is 3. The van der Waals surface area contributed by atoms with Gasteiger partial charge in [0.2, 0.25) is 16.0 Å². The van der Waals surface area contributed by atoms with E-state index < -0.39 is 28.0 Å². The van der Waals surface area contributed by atoms with Crippen LogP contribution in [0, 0.1) is 5.82 Å². The average molecular weight is 440 g/mol. The highest BCUT2D eigenvalue weighted by Crippen LogP contribution is 2.27. The summed E-state index contributed by atoms with van der Waals surface area (Å²) >= 11 is 6.05. The number of hydrogen-bond donors (Lipinski definition) is 2. The molecule has 3 aromatic rings. The number of aliphatic hydroxyl groups excluding tert-OH is 1. The third-order valence-corrected chi connectivity index (χ3v) is 6.42. The summed E-state index contributed by atoms with van der Waals surface area (Å²) in [7, 11) is -3.36. The Balaban J connectivity index is 1.62. The van der Waals surface area contributed by atoms with Crippen LogP contribution in [0.2, 0.25) is 5.02 Å². The molecule has 2 aromatic heterocycles. The van der Waals surface area contributed by atoms with Crippen molar-refractivity contribution in [3.05, 3.63) is 47.4 Å². The smallest absolute Gasteiger partial charge is 0.241 e. The van der Waals surface area contributed by atoms with Crippen LogP contribution in [0.3, 0.4) is 0 Å². The predicted molar refractivity (Wildman–Crippen MR) is 108 cm³/mol. The van der Waals surface area contributed by atoms with Crippen LogP contribution in [0.4, 0.5) is 10.3 Å². The third-order valence-electron chi connectivity index (χ3n) is 4.92. The standard InChI is InChI=1S/C18H19ClFN5O3S/c1-29(27,28)24-6-5-14(17(26)10-24)22-18-21-9-16-13(20)8-15(25(16)23-18)11-3-2-4-12(19)7-11/h2-4,7-9,14,17,26H,5-6,10H2,1H3,(H,22,23)/t14-,17-/m1/s1. The largest absolute Gasteiger partial charge is 0.390 e. The number of benzene rings is 1. The molecule has 29 heavy (non-hydrogen) atoms. The van der Waals surface area contributed by atoms with Crippen molar-refractivity contribution in [1.82, 2.24) is 18.9 Å². The minimum Gasteiger partial charge on any atom is -0.390 e. The normalized spacial score (nSPS) is 20.8. The fourth-order valence-corrected chi connectivity index (χ4v) is 4.46. The van der Waals surface area contributed by atoms with Crippen LogP contribution in [-0.2, 0) is 10.0 Å². The lowest BCUT2D eigenvalue weighted by molar-refractivity contribution is 0.0950. The molecule has 1 aliphatic rings. The van der Waals surface area contributed by atoms with Gasteiger partial charge in [0.25, 0.3) is 0 Å². The van der Waals surface area contributed by atoms with Gasteiger partial charge in [-0.3, -0.25) is 0 Å². The van der Waals surface area contributed by atoms with Crippen LogP contribution in [0.25, 0.3) is 16.8 Å². The minimum absolute atomic E-state index is 0.00927. The number of anilines is 1. The monoisotopic (exact) mass is 439 g/mol. The number of halogens is 2. The van der Waals surface area contributed by atoms with Gasteiger partial charge in [0.1, 0.15) is 5.52 Å². The van der Waals surface area contributed by atoms with Gasteiger partial charge < -0.3 is 10.4 Å². The van der Waals surface area contributed by atoms with E-state index in [0.29, 0.717) is 22.7 Å². The Hall–Kier alpha value is -2.27. The fourth-order valence-electron chi connectivity index (χ4n) is 3.41. The number of nitrogens with one attached hydrogen (secondary N) is 1. The van der Waals surface area contributed by atoms with Gasteiger partial charge in [0, 0.05) is 29.7 Å². The van der Waals surface area contributed by atoms with Crippen molar-refractivity contribution in [2.24, 2.45) is 0 Å². The SMILES string of the molecule is CS(=O)(=O)N1CC[C@@H](Nc2ncc3c(F)cc(-c4cccc(Cl)c4)n3n2)[C@H](O)C1. The van der Waals surface area contributed by atoms with Gasteiger partial charge in [-0.2, -0.15) is 4.31 Å². The number of fused-ring (bicyclic) bond motifs is 1. The summed E-state index contributed by atoms with van der Waals surface area (Å²) in [5.41, 5.74) is 1.42. The van der Waals surface area contributed by atoms with Crippen molar-refractivity contribution in [1.29, 1.82) is 0 Å². The Morgan fingerprint density at radius 2 is 2.14 bits per heavy atom. The van der Waals surface area contributed by atoms with Crippen LogP contribution in [0.5, 0.6) is 0 Å². The van der Waals surface area contributed by atoms with Crippen molar-refractivity contribution < 1.29 is 17.9 Å². The zero-order chi connectivity index (χ0) is 20.8. The summed E-state index contributed by atoms with van der Waals surface area (Å²) in [6.45, 7) is 0.270. The van der Waals surface area contributed by atoms with E-state index in [1.807, 2.05) is 0 Å². The number of aliphatic hydroxyl groups is 1. The highest BCUT2D eigenvalue weighted by Gasteiger charge is 2.32. The summed E-state index contributed by atoms with van der Waals surface area (Å²) in [4.78, 5) is 4.14. The minimum atomic E-state index is -3.36. The average Bonchev–Trinajstić information content (AvgIpc) is 2.99. The molecule has 3 heterocycles. The molecule has 0 saturated carbocycles. The van der Waals surface area contributed by atoms with Gasteiger partial charge >= 0.3 is 0 Å². The number of nitrogens with zero attached hydrogens (tertiary/aromatic N) is 4. The Morgan fingerprint density at radius 1 is 1.34 bits per heavy atom. The molecule has 0 spiro atoms. The summed E-state index contributed by atoms with van der Waals surface area (Å²) in [5.74, 6) is -0.263. The van der Waals surface area contributed by atoms with Crippen molar-refractivity contribution in [3.63, 3.8) is 0 Å². The Morgan fingerprint density at radius 3 is 2.83 bits per heavy atom. The molecule has 8 nitrogen and oxygen atoms in total. The van der Waals surface area contributed by atoms with Crippen LogP contribution in [0.15, 0.2) is 36.5 Å². The summed E-state index contributed by atoms with van der Waals surface area (Å²) in [5, 5.41) is 18.3. The topological polar surface area (TPSA) is 99.8 Å². The van der Waals surface area contributed by atoms with E-state index >= 15 is 0 Å². The number of hydrogen-bond acceptors (Lipinski definition) is 6. The first kappa shape index (κ1) is 20.0. The molecule has 154 valence electrons. The molecule has 1 aliphatic heterocycles. The molecule has 0 bridgehead atoms. The number of piperidine rings is 1. The van der Waals surface area contributed by atoms with Crippen molar-refractivity contribution >= 4 is 33.1 Å². The van der Waals surface area contributed by atoms with E-state index in [2.05, 4.69) is 15.4 Å². The Kier molecular flexibility index (Phi) is 5.19. The molecule has 4 rings (SSSR count). The Labute approximate surface area is 172 Å². The highest BCUT2D eigenvalue weighted by molar-refractivity contribution is 7.88. The highest BCUT2D eigenvalue weighted by atomic mass is 35.5. The van der Waals surface area contributed by atoms with Crippen molar-refractivity contribution in [2.75, 3.05) is 24.7 Å². The van der Waals surface area contributed by atoms with E-state index in [-0.39, 0.29) is 24.6 Å². The molecule has 1 aromatic carbocycles. The van der Waals surface area contributed by atoms with Gasteiger partial charge in [-0.1, -0.05) is 23.7 Å². The molecule has 1 fully saturated rings. The first-order valence-corrected chi connectivity index (χ1v) is 11.1. The van der Waals surface area contributed by atoms with E-state index in [1.165, 1.54) is 21.1 Å². The lowest BCUT2D eigenvalue weighted by Gasteiger charge is -2.34. The maximum Gasteiger partial charge on any atom is 0.241 e. The summed E-state index contributed by atoms with van der Waals surface area (Å²) < 4.78 is 40.3. The summed E-state index contributed by atoms with van der Waals surface area (Å²) in [6.07, 6.45) is 1.93. The van der Waals surface area contributed by atoms with E-state index in [9.17, 15) is 17.9 Å². The van der Waals surface area contributed by atoms with Crippen LogP contribution >= 0.6 is 11.6 Å². The van der Waals surface area contributed by atoms with Gasteiger partial charge in [0.15, 0.2) is 5.82 Å². The molecular weight excluding hydrogens is 421 g/mol. The number of sulfonamides is 1. The first-order chi connectivity index (χ1) is 13.7. The van der Waals surface area contributed by atoms with E-state index in [4.69, 9.17) is 11.6 Å². The van der Waals surface area contributed by atoms with Gasteiger partial charge in [0.05, 0.1) is 30.3 Å². The maximum absolute atomic E-state index is 14.3. The second-order valence-corrected chi connectivity index (χ2v) is 9.41. The van der Waals surface area contributed by atoms with Gasteiger partial charge in [-0.25, -0.2) is 22.3 Å². The van der Waals surface area contributed by atoms with Crippen LogP contribution < -0.4 is 5.32 Å². The molecule has 0 unspecified atom stereocenters. The second kappa shape index (κ2) is 7.52. The lowest BCUT2D eigenvalue weighted by Crippen LogP contribution is -2.51. The Bertz CT molecular complexity index is 1170. The summed E-state index contributed by atoms with van der Waals surface area (Å²) in [6, 6.07) is 7.93. The molecule has 0 aliphatic carbocycles. The first-order valence-electron chi connectivity index (χ1n) is 8.92. The zero-order valence-corrected chi connectivity index (χ0v) is 17.0. The molecular formula is C18H19ClFN5O3S. The zero-order valence-electron chi connectivity index (χ0n) is 15.5. The van der Waals surface area contributed by atoms with Gasteiger partial charge in [-0.15, -0.1) is 5.10 Å². The number of rotatable bonds is 4. The maximum atomic E-state index is 14.3. The van der Waals surface area contributed by atoms with Crippen molar-refractivity contribution in [2.45, 2.75) is 18.6 Å². The van der Waals surface area contributed by atoms with Crippen LogP contribution in [-0.4, -0.2) is 63.9 Å². The lowest BCUT2D eigenvalue weighted by atomic mass is 10.0. The molecule has 2 atom stereocenters. The van der Waals surface area contributed by atoms with Crippen LogP contribution in [0.1, 0.15) is 6.42 Å². The molecule has 0 radical (unpaired) electrons. The third kappa shape index (κ3) is 4.06. The predicted octanol–water partition coefficient (Wildman–Crippen LogP) is 2.00. The molecule has 11 heteroatoms. The fraction of sp³-hybridized carbons (Fsp3) is 0.333. The molecule has 0 amide bonds. The molecule has 2 N–H and O–H groups in total. The second-order valence-electron chi connectivity index (χ2n) is 6.99. The quantitative estimate of drug-likeness (QED) is 0.645. The molecule has 1 saturated heterocycles.